The van der Waals surface area contributed by atoms with Crippen molar-refractivity contribution in [2.45, 2.75) is 6.92 Å². The monoisotopic (exact) mass is 273 g/mol. The van der Waals surface area contributed by atoms with Crippen LogP contribution in [0.1, 0.15) is 12.5 Å². The van der Waals surface area contributed by atoms with E-state index in [-0.39, 0.29) is 0 Å². The molecule has 0 radical (unpaired) electrons. The van der Waals surface area contributed by atoms with Crippen LogP contribution < -0.4 is 5.32 Å². The van der Waals surface area contributed by atoms with Crippen molar-refractivity contribution in [1.29, 1.82) is 0 Å². The van der Waals surface area contributed by atoms with Crippen LogP contribution in [0.25, 0.3) is 6.08 Å². The van der Waals surface area contributed by atoms with Gasteiger partial charge in [0, 0.05) is 11.0 Å². The van der Waals surface area contributed by atoms with Crippen LogP contribution in [-0.2, 0) is 0 Å². The van der Waals surface area contributed by atoms with Crippen molar-refractivity contribution in [3.05, 3.63) is 39.3 Å². The van der Waals surface area contributed by atoms with Gasteiger partial charge in [-0.1, -0.05) is 36.7 Å². The van der Waals surface area contributed by atoms with Gasteiger partial charge in [0.2, 0.25) is 0 Å². The highest BCUT2D eigenvalue weighted by Gasteiger charge is 1.95. The third kappa shape index (κ3) is 3.82. The molecule has 0 unspecified atom stereocenters. The average Bonchev–Trinajstić information content (AvgIpc) is 2.18. The molecule has 0 spiro atoms. The van der Waals surface area contributed by atoms with Gasteiger partial charge in [0.15, 0.2) is 0 Å². The quantitative estimate of drug-likeness (QED) is 0.825. The Morgan fingerprint density at radius 2 is 2.29 bits per heavy atom. The first kappa shape index (κ1) is 11.8. The lowest BCUT2D eigenvalue weighted by Gasteiger charge is -1.98. The Bertz CT molecular complexity index is 323. The summed E-state index contributed by atoms with van der Waals surface area (Å²) in [5.41, 5.74) is 1.12. The van der Waals surface area contributed by atoms with E-state index < -0.39 is 0 Å². The zero-order chi connectivity index (χ0) is 10.4. The molecule has 0 heterocycles. The molecule has 0 aliphatic carbocycles. The van der Waals surface area contributed by atoms with Gasteiger partial charge < -0.3 is 5.32 Å². The molecule has 0 saturated heterocycles. The Morgan fingerprint density at radius 3 is 2.93 bits per heavy atom. The standard InChI is InChI=1S/C11H13BrClN/c1-2-14-7-3-4-9-5-6-10(12)11(13)8-9/h3-6,8,14H,2,7H2,1H3/b4-3+. The van der Waals surface area contributed by atoms with Gasteiger partial charge in [-0.05, 0) is 40.2 Å². The van der Waals surface area contributed by atoms with Crippen molar-refractivity contribution in [2.24, 2.45) is 0 Å². The molecule has 0 fully saturated rings. The molecule has 1 N–H and O–H groups in total. The lowest BCUT2D eigenvalue weighted by Crippen LogP contribution is -2.11. The van der Waals surface area contributed by atoms with E-state index in [1.54, 1.807) is 0 Å². The summed E-state index contributed by atoms with van der Waals surface area (Å²) in [4.78, 5) is 0. The maximum Gasteiger partial charge on any atom is 0.0554 e. The van der Waals surface area contributed by atoms with E-state index in [1.807, 2.05) is 18.2 Å². The topological polar surface area (TPSA) is 12.0 Å². The highest BCUT2D eigenvalue weighted by molar-refractivity contribution is 9.10. The Kier molecular flexibility index (Phi) is 5.23. The highest BCUT2D eigenvalue weighted by atomic mass is 79.9. The van der Waals surface area contributed by atoms with Gasteiger partial charge >= 0.3 is 0 Å². The van der Waals surface area contributed by atoms with E-state index in [0.29, 0.717) is 0 Å². The van der Waals surface area contributed by atoms with Crippen LogP contribution in [0.3, 0.4) is 0 Å². The maximum absolute atomic E-state index is 5.96. The number of benzene rings is 1. The van der Waals surface area contributed by atoms with Gasteiger partial charge in [-0.15, -0.1) is 0 Å². The van der Waals surface area contributed by atoms with Crippen LogP contribution in [0, 0.1) is 0 Å². The lowest BCUT2D eigenvalue weighted by atomic mass is 10.2. The van der Waals surface area contributed by atoms with Crippen LogP contribution >= 0.6 is 27.5 Å². The first-order chi connectivity index (χ1) is 6.74. The fraction of sp³-hybridized carbons (Fsp3) is 0.273. The third-order valence-corrected chi connectivity index (χ3v) is 3.00. The molecule has 1 nitrogen and oxygen atoms in total. The number of hydrogen-bond acceptors (Lipinski definition) is 1. The fourth-order valence-electron chi connectivity index (χ4n) is 1.04. The van der Waals surface area contributed by atoms with Crippen molar-refractivity contribution in [1.82, 2.24) is 5.32 Å². The molecule has 76 valence electrons. The summed E-state index contributed by atoms with van der Waals surface area (Å²) < 4.78 is 0.933. The summed E-state index contributed by atoms with van der Waals surface area (Å²) >= 11 is 9.31. The molecule has 0 aliphatic rings. The van der Waals surface area contributed by atoms with Crippen LogP contribution in [0.4, 0.5) is 0 Å². The van der Waals surface area contributed by atoms with E-state index >= 15 is 0 Å². The zero-order valence-electron chi connectivity index (χ0n) is 8.06. The summed E-state index contributed by atoms with van der Waals surface area (Å²) in [5, 5.41) is 3.96. The van der Waals surface area contributed by atoms with Gasteiger partial charge in [0.25, 0.3) is 0 Å². The van der Waals surface area contributed by atoms with E-state index in [9.17, 15) is 0 Å². The van der Waals surface area contributed by atoms with E-state index in [4.69, 9.17) is 11.6 Å². The van der Waals surface area contributed by atoms with Gasteiger partial charge in [-0.25, -0.2) is 0 Å². The zero-order valence-corrected chi connectivity index (χ0v) is 10.4. The SMILES string of the molecule is CCNC/C=C/c1ccc(Br)c(Cl)c1. The van der Waals surface area contributed by atoms with E-state index in [1.165, 1.54) is 0 Å². The van der Waals surface area contributed by atoms with Crippen molar-refractivity contribution in [3.8, 4) is 0 Å². The molecule has 0 amide bonds. The van der Waals surface area contributed by atoms with Crippen molar-refractivity contribution < 1.29 is 0 Å². The Hall–Kier alpha value is -0.310. The summed E-state index contributed by atoms with van der Waals surface area (Å²) in [6.07, 6.45) is 4.14. The summed E-state index contributed by atoms with van der Waals surface area (Å²) in [6, 6.07) is 5.92. The minimum atomic E-state index is 0.746. The normalized spacial score (nSPS) is 11.1. The average molecular weight is 275 g/mol. The predicted octanol–water partition coefficient (Wildman–Crippen LogP) is 3.73. The van der Waals surface area contributed by atoms with Gasteiger partial charge in [-0.3, -0.25) is 0 Å². The number of nitrogens with one attached hydrogen (secondary N) is 1. The van der Waals surface area contributed by atoms with Gasteiger partial charge in [-0.2, -0.15) is 0 Å². The maximum atomic E-state index is 5.96. The largest absolute Gasteiger partial charge is 0.314 e. The molecule has 0 saturated carbocycles. The number of likely N-dealkylation sites (N-methyl/N-ethyl adjacent to an activating group) is 1. The molecule has 0 bridgehead atoms. The molecule has 14 heavy (non-hydrogen) atoms. The Balaban J connectivity index is 2.59. The first-order valence-corrected chi connectivity index (χ1v) is 5.73. The molecule has 1 rings (SSSR count). The Labute approximate surface area is 98.3 Å². The summed E-state index contributed by atoms with van der Waals surface area (Å²) in [5.74, 6) is 0. The molecule has 3 heteroatoms. The molecule has 1 aromatic carbocycles. The third-order valence-electron chi connectivity index (χ3n) is 1.77. The minimum Gasteiger partial charge on any atom is -0.314 e. The van der Waals surface area contributed by atoms with Crippen molar-refractivity contribution in [2.75, 3.05) is 13.1 Å². The number of halogens is 2. The van der Waals surface area contributed by atoms with Crippen LogP contribution in [0.15, 0.2) is 28.7 Å². The minimum absolute atomic E-state index is 0.746. The number of hydrogen-bond donors (Lipinski definition) is 1. The lowest BCUT2D eigenvalue weighted by molar-refractivity contribution is 0.801. The van der Waals surface area contributed by atoms with E-state index in [2.05, 4.69) is 40.3 Å². The smallest absolute Gasteiger partial charge is 0.0554 e. The molecule has 0 atom stereocenters. The second kappa shape index (κ2) is 6.23. The van der Waals surface area contributed by atoms with Crippen LogP contribution in [0.2, 0.25) is 5.02 Å². The highest BCUT2D eigenvalue weighted by Crippen LogP contribution is 2.23. The first-order valence-electron chi connectivity index (χ1n) is 4.56. The molecule has 0 aliphatic heterocycles. The molecule has 0 aromatic heterocycles. The van der Waals surface area contributed by atoms with Crippen molar-refractivity contribution >= 4 is 33.6 Å². The summed E-state index contributed by atoms with van der Waals surface area (Å²) in [6.45, 7) is 3.97. The fourth-order valence-corrected chi connectivity index (χ4v) is 1.47. The second-order valence-electron chi connectivity index (χ2n) is 2.88. The Morgan fingerprint density at radius 1 is 1.50 bits per heavy atom. The molecular formula is C11H13BrClN. The molecular weight excluding hydrogens is 261 g/mol. The number of rotatable bonds is 4. The summed E-state index contributed by atoms with van der Waals surface area (Å²) in [7, 11) is 0. The van der Waals surface area contributed by atoms with Gasteiger partial charge in [0.1, 0.15) is 0 Å². The van der Waals surface area contributed by atoms with E-state index in [0.717, 1.165) is 28.1 Å². The predicted molar refractivity (Wildman–Crippen MR) is 66.7 cm³/mol. The van der Waals surface area contributed by atoms with Gasteiger partial charge in [0.05, 0.1) is 5.02 Å². The second-order valence-corrected chi connectivity index (χ2v) is 4.15. The van der Waals surface area contributed by atoms with Crippen molar-refractivity contribution in [3.63, 3.8) is 0 Å². The molecule has 1 aromatic rings. The van der Waals surface area contributed by atoms with Crippen LogP contribution in [-0.4, -0.2) is 13.1 Å². The van der Waals surface area contributed by atoms with Crippen LogP contribution in [0.5, 0.6) is 0 Å².